The van der Waals surface area contributed by atoms with E-state index in [0.717, 1.165) is 25.0 Å². The molecule has 3 N–H and O–H groups in total. The number of piperidine rings is 1. The molecule has 1 aliphatic heterocycles. The third kappa shape index (κ3) is 5.15. The van der Waals surface area contributed by atoms with Gasteiger partial charge in [-0.05, 0) is 49.6 Å². The Balaban J connectivity index is 1.68. The quantitative estimate of drug-likeness (QED) is 0.555. The summed E-state index contributed by atoms with van der Waals surface area (Å²) in [6.45, 7) is 2.93. The fourth-order valence-electron chi connectivity index (χ4n) is 3.93. The fourth-order valence-corrected chi connectivity index (χ4v) is 4.89. The molecule has 0 amide bonds. The average Bonchev–Trinajstić information content (AvgIpc) is 2.78. The Bertz CT molecular complexity index is 1300. The third-order valence-corrected chi connectivity index (χ3v) is 6.86. The highest BCUT2D eigenvalue weighted by Gasteiger charge is 2.35. The summed E-state index contributed by atoms with van der Waals surface area (Å²) in [7, 11) is -4.21. The number of nitrogens with zero attached hydrogens (tertiary/aromatic N) is 3. The van der Waals surface area contributed by atoms with Crippen LogP contribution < -0.4 is 15.4 Å². The highest BCUT2D eigenvalue weighted by atomic mass is 32.2. The van der Waals surface area contributed by atoms with Gasteiger partial charge in [-0.1, -0.05) is 30.3 Å². The Morgan fingerprint density at radius 3 is 2.53 bits per heavy atom. The summed E-state index contributed by atoms with van der Waals surface area (Å²) < 4.78 is 69.2. The molecule has 0 spiro atoms. The van der Waals surface area contributed by atoms with E-state index in [4.69, 9.17) is 5.73 Å². The Morgan fingerprint density at radius 1 is 1.06 bits per heavy atom. The first-order valence-electron chi connectivity index (χ1n) is 10.7. The molecular weight excluding hydrogens is 467 g/mol. The van der Waals surface area contributed by atoms with Crippen LogP contribution >= 0.6 is 0 Å². The first-order chi connectivity index (χ1) is 16.0. The van der Waals surface area contributed by atoms with Crippen LogP contribution in [0.4, 0.5) is 24.8 Å². The maximum atomic E-state index is 13.6. The number of alkyl halides is 3. The highest BCUT2D eigenvalue weighted by molar-refractivity contribution is 7.92. The van der Waals surface area contributed by atoms with Gasteiger partial charge >= 0.3 is 6.18 Å². The number of hydrogen-bond acceptors (Lipinski definition) is 6. The maximum Gasteiger partial charge on any atom is 0.418 e. The molecule has 1 unspecified atom stereocenters. The number of benzene rings is 1. The minimum Gasteiger partial charge on any atom is -0.355 e. The minimum atomic E-state index is -4.66. The van der Waals surface area contributed by atoms with Crippen molar-refractivity contribution in [2.45, 2.75) is 37.0 Å². The third-order valence-electron chi connectivity index (χ3n) is 5.61. The molecule has 0 aliphatic carbocycles. The normalized spacial score (nSPS) is 17.0. The van der Waals surface area contributed by atoms with E-state index in [1.807, 2.05) is 4.90 Å². The number of halogens is 3. The summed E-state index contributed by atoms with van der Waals surface area (Å²) in [5.74, 6) is 0.234. The van der Waals surface area contributed by atoms with Gasteiger partial charge in [0.1, 0.15) is 11.6 Å². The van der Waals surface area contributed by atoms with Gasteiger partial charge in [-0.25, -0.2) is 9.97 Å². The summed E-state index contributed by atoms with van der Waals surface area (Å²) in [5, 5.41) is -0.261. The molecule has 1 saturated heterocycles. The van der Waals surface area contributed by atoms with Gasteiger partial charge in [0.05, 0.1) is 11.3 Å². The summed E-state index contributed by atoms with van der Waals surface area (Å²) >= 11 is 0. The molecule has 3 aromatic rings. The van der Waals surface area contributed by atoms with E-state index in [0.29, 0.717) is 24.5 Å². The zero-order valence-electron chi connectivity index (χ0n) is 18.4. The molecule has 7 nitrogen and oxygen atoms in total. The van der Waals surface area contributed by atoms with Crippen LogP contribution in [-0.2, 0) is 16.2 Å². The number of rotatable bonds is 5. The van der Waals surface area contributed by atoms with Crippen molar-refractivity contribution in [3.8, 4) is 11.3 Å². The van der Waals surface area contributed by atoms with Crippen LogP contribution in [0.2, 0.25) is 0 Å². The number of aromatic nitrogens is 2. The first kappa shape index (κ1) is 24.0. The lowest BCUT2D eigenvalue weighted by Crippen LogP contribution is -2.43. The lowest BCUT2D eigenvalue weighted by Gasteiger charge is -2.31. The Morgan fingerprint density at radius 2 is 1.82 bits per heavy atom. The second-order valence-corrected chi connectivity index (χ2v) is 9.82. The van der Waals surface area contributed by atoms with Gasteiger partial charge in [0, 0.05) is 24.7 Å². The predicted molar refractivity (Wildman–Crippen MR) is 124 cm³/mol. The van der Waals surface area contributed by atoms with E-state index in [9.17, 15) is 21.6 Å². The van der Waals surface area contributed by atoms with Crippen molar-refractivity contribution >= 4 is 21.7 Å². The van der Waals surface area contributed by atoms with Crippen molar-refractivity contribution in [2.75, 3.05) is 22.7 Å². The van der Waals surface area contributed by atoms with E-state index in [2.05, 4.69) is 14.7 Å². The molecule has 1 fully saturated rings. The Labute approximate surface area is 195 Å². The SMILES string of the molecule is Cc1ccccc1-c1nc(NS(=O)(=O)c2cccc(N3CCCC(N)C3)n2)ccc1C(F)(F)F. The van der Waals surface area contributed by atoms with Crippen molar-refractivity contribution < 1.29 is 21.6 Å². The van der Waals surface area contributed by atoms with Crippen molar-refractivity contribution in [3.63, 3.8) is 0 Å². The van der Waals surface area contributed by atoms with Gasteiger partial charge in [-0.2, -0.15) is 21.6 Å². The van der Waals surface area contributed by atoms with Crippen LogP contribution in [0.3, 0.4) is 0 Å². The number of sulfonamides is 1. The standard InChI is InChI=1S/C23H24F3N5O2S/c1-15-6-2-3-8-17(15)22-18(23(24,25)26)11-12-19(28-22)30-34(32,33)21-10-4-9-20(29-21)31-13-5-7-16(27)14-31/h2-4,6,8-12,16H,5,7,13-14,27H2,1H3,(H,28,30). The number of nitrogens with two attached hydrogens (primary N) is 1. The molecule has 4 rings (SSSR count). The molecular formula is C23H24F3N5O2S. The minimum absolute atomic E-state index is 0.0230. The Hall–Kier alpha value is -3.18. The van der Waals surface area contributed by atoms with Crippen LogP contribution in [0.25, 0.3) is 11.3 Å². The van der Waals surface area contributed by atoms with E-state index in [-0.39, 0.29) is 28.1 Å². The van der Waals surface area contributed by atoms with E-state index < -0.39 is 21.8 Å². The summed E-state index contributed by atoms with van der Waals surface area (Å²) in [4.78, 5) is 10.2. The summed E-state index contributed by atoms with van der Waals surface area (Å²) in [5.41, 5.74) is 5.55. The summed E-state index contributed by atoms with van der Waals surface area (Å²) in [6.07, 6.45) is -2.90. The monoisotopic (exact) mass is 491 g/mol. The zero-order chi connectivity index (χ0) is 24.5. The van der Waals surface area contributed by atoms with E-state index in [1.54, 1.807) is 37.3 Å². The zero-order valence-corrected chi connectivity index (χ0v) is 19.2. The molecule has 2 aromatic heterocycles. The molecule has 0 saturated carbocycles. The molecule has 1 aromatic carbocycles. The molecule has 3 heterocycles. The second-order valence-electron chi connectivity index (χ2n) is 8.19. The van der Waals surface area contributed by atoms with Crippen molar-refractivity contribution in [1.29, 1.82) is 0 Å². The number of hydrogen-bond donors (Lipinski definition) is 2. The molecule has 180 valence electrons. The van der Waals surface area contributed by atoms with Gasteiger partial charge in [0.2, 0.25) is 0 Å². The predicted octanol–water partition coefficient (Wildman–Crippen LogP) is 4.20. The van der Waals surface area contributed by atoms with Crippen molar-refractivity contribution in [1.82, 2.24) is 9.97 Å². The topological polar surface area (TPSA) is 101 Å². The van der Waals surface area contributed by atoms with Crippen molar-refractivity contribution in [2.24, 2.45) is 5.73 Å². The average molecular weight is 492 g/mol. The smallest absolute Gasteiger partial charge is 0.355 e. The van der Waals surface area contributed by atoms with Gasteiger partial charge in [0.15, 0.2) is 5.03 Å². The fraction of sp³-hybridized carbons (Fsp3) is 0.304. The highest BCUT2D eigenvalue weighted by Crippen LogP contribution is 2.38. The lowest BCUT2D eigenvalue weighted by atomic mass is 10.0. The van der Waals surface area contributed by atoms with E-state index >= 15 is 0 Å². The largest absolute Gasteiger partial charge is 0.418 e. The van der Waals surface area contributed by atoms with Gasteiger partial charge < -0.3 is 10.6 Å². The van der Waals surface area contributed by atoms with Crippen LogP contribution in [0.1, 0.15) is 24.0 Å². The van der Waals surface area contributed by atoms with E-state index in [1.165, 1.54) is 12.1 Å². The van der Waals surface area contributed by atoms with Crippen LogP contribution in [0, 0.1) is 6.92 Å². The van der Waals surface area contributed by atoms with Crippen LogP contribution in [-0.4, -0.2) is 37.5 Å². The molecule has 11 heteroatoms. The molecule has 0 radical (unpaired) electrons. The molecule has 0 bridgehead atoms. The maximum absolute atomic E-state index is 13.6. The van der Waals surface area contributed by atoms with Gasteiger partial charge in [-0.3, -0.25) is 4.72 Å². The van der Waals surface area contributed by atoms with Gasteiger partial charge in [-0.15, -0.1) is 0 Å². The van der Waals surface area contributed by atoms with Crippen LogP contribution in [0.15, 0.2) is 59.6 Å². The Kier molecular flexibility index (Phi) is 6.50. The molecule has 34 heavy (non-hydrogen) atoms. The van der Waals surface area contributed by atoms with Gasteiger partial charge in [0.25, 0.3) is 10.0 Å². The number of pyridine rings is 2. The first-order valence-corrected chi connectivity index (χ1v) is 12.2. The number of nitrogens with one attached hydrogen (secondary N) is 1. The lowest BCUT2D eigenvalue weighted by molar-refractivity contribution is -0.137. The summed E-state index contributed by atoms with van der Waals surface area (Å²) in [6, 6.07) is 12.9. The number of anilines is 2. The number of aryl methyl sites for hydroxylation is 1. The van der Waals surface area contributed by atoms with Crippen LogP contribution in [0.5, 0.6) is 0 Å². The second kappa shape index (κ2) is 9.22. The molecule has 1 aliphatic rings. The van der Waals surface area contributed by atoms with Crippen molar-refractivity contribution in [3.05, 3.63) is 65.7 Å². The molecule has 1 atom stereocenters.